The van der Waals surface area contributed by atoms with Crippen LogP contribution in [-0.2, 0) is 11.2 Å². The van der Waals surface area contributed by atoms with Crippen molar-refractivity contribution in [3.63, 3.8) is 0 Å². The molecule has 0 fully saturated rings. The first-order valence-electron chi connectivity index (χ1n) is 11.2. The fourth-order valence-corrected chi connectivity index (χ4v) is 3.90. The second kappa shape index (κ2) is 9.21. The second-order valence-electron chi connectivity index (χ2n) is 10.3. The summed E-state index contributed by atoms with van der Waals surface area (Å²) in [5.74, 6) is 0.293. The molecule has 1 heterocycles. The van der Waals surface area contributed by atoms with E-state index in [0.717, 1.165) is 11.3 Å². The molecule has 0 aliphatic carbocycles. The number of hydrogen-bond acceptors (Lipinski definition) is 5. The van der Waals surface area contributed by atoms with Gasteiger partial charge in [-0.25, -0.2) is 9.18 Å². The molecule has 1 N–H and O–H groups in total. The maximum absolute atomic E-state index is 13.4. The number of hydrogen-bond donors (Lipinski definition) is 1. The van der Waals surface area contributed by atoms with Crippen LogP contribution in [0.4, 0.5) is 14.9 Å². The van der Waals surface area contributed by atoms with E-state index >= 15 is 0 Å². The van der Waals surface area contributed by atoms with Crippen LogP contribution >= 0.6 is 0 Å². The van der Waals surface area contributed by atoms with Gasteiger partial charge in [-0.1, -0.05) is 12.1 Å². The molecule has 0 aromatic heterocycles. The van der Waals surface area contributed by atoms with E-state index in [1.165, 1.54) is 12.1 Å². The van der Waals surface area contributed by atoms with Crippen molar-refractivity contribution in [1.29, 1.82) is 0 Å². The highest BCUT2D eigenvalue weighted by atomic mass is 19.1. The molecule has 180 valence electrons. The molecule has 7 heteroatoms. The average Bonchev–Trinajstić information content (AvgIpc) is 2.71. The third kappa shape index (κ3) is 5.58. The van der Waals surface area contributed by atoms with Gasteiger partial charge in [-0.05, 0) is 70.9 Å². The number of ether oxygens (including phenoxy) is 2. The van der Waals surface area contributed by atoms with Gasteiger partial charge >= 0.3 is 6.09 Å². The highest BCUT2D eigenvalue weighted by Gasteiger charge is 2.46. The maximum atomic E-state index is 13.4. The largest absolute Gasteiger partial charge is 0.484 e. The van der Waals surface area contributed by atoms with Gasteiger partial charge in [0.05, 0.1) is 0 Å². The molecule has 1 amide bonds. The van der Waals surface area contributed by atoms with Crippen molar-refractivity contribution < 1.29 is 23.8 Å². The summed E-state index contributed by atoms with van der Waals surface area (Å²) in [5.41, 5.74) is 1.05. The molecule has 0 saturated heterocycles. The SMILES string of the molecule is CN(C)c1ccc2c(c1)OC(C)(C)[C@H](O)[C@H]2OC(=O)N(CCc1ccc(F)cc1)C(C)(C)C. The summed E-state index contributed by atoms with van der Waals surface area (Å²) in [6, 6.07) is 11.9. The third-order valence-corrected chi connectivity index (χ3v) is 5.99. The molecule has 0 spiro atoms. The van der Waals surface area contributed by atoms with E-state index < -0.39 is 29.4 Å². The summed E-state index contributed by atoms with van der Waals surface area (Å²) >= 11 is 0. The van der Waals surface area contributed by atoms with Crippen LogP contribution in [0.5, 0.6) is 5.75 Å². The Balaban J connectivity index is 1.85. The molecular formula is C26H35FN2O4. The number of nitrogens with zero attached hydrogens (tertiary/aromatic N) is 2. The molecular weight excluding hydrogens is 423 g/mol. The fraction of sp³-hybridized carbons (Fsp3) is 0.500. The Kier molecular flexibility index (Phi) is 6.93. The van der Waals surface area contributed by atoms with Crippen LogP contribution in [0.3, 0.4) is 0 Å². The average molecular weight is 459 g/mol. The lowest BCUT2D eigenvalue weighted by Gasteiger charge is -2.43. The smallest absolute Gasteiger partial charge is 0.410 e. The maximum Gasteiger partial charge on any atom is 0.410 e. The van der Waals surface area contributed by atoms with E-state index in [4.69, 9.17) is 9.47 Å². The van der Waals surface area contributed by atoms with Crippen molar-refractivity contribution in [3.8, 4) is 5.75 Å². The molecule has 0 saturated carbocycles. The van der Waals surface area contributed by atoms with Gasteiger partial charge < -0.3 is 24.4 Å². The number of benzene rings is 2. The Morgan fingerprint density at radius 1 is 1.15 bits per heavy atom. The first kappa shape index (κ1) is 24.8. The predicted octanol–water partition coefficient (Wildman–Crippen LogP) is 4.94. The second-order valence-corrected chi connectivity index (χ2v) is 10.3. The van der Waals surface area contributed by atoms with Gasteiger partial charge in [0.25, 0.3) is 0 Å². The topological polar surface area (TPSA) is 62.2 Å². The van der Waals surface area contributed by atoms with Crippen molar-refractivity contribution >= 4 is 11.8 Å². The van der Waals surface area contributed by atoms with Crippen LogP contribution in [0.25, 0.3) is 0 Å². The van der Waals surface area contributed by atoms with Gasteiger partial charge in [-0.3, -0.25) is 0 Å². The zero-order valence-electron chi connectivity index (χ0n) is 20.6. The van der Waals surface area contributed by atoms with E-state index in [0.29, 0.717) is 24.3 Å². The molecule has 1 aliphatic rings. The molecule has 1 aliphatic heterocycles. The number of carbonyl (C=O) groups excluding carboxylic acids is 1. The number of anilines is 1. The lowest BCUT2D eigenvalue weighted by molar-refractivity contribution is -0.119. The molecule has 6 nitrogen and oxygen atoms in total. The quantitative estimate of drug-likeness (QED) is 0.687. The van der Waals surface area contributed by atoms with Gasteiger partial charge in [-0.15, -0.1) is 0 Å². The van der Waals surface area contributed by atoms with Gasteiger partial charge in [-0.2, -0.15) is 0 Å². The summed E-state index contributed by atoms with van der Waals surface area (Å²) in [7, 11) is 3.87. The minimum Gasteiger partial charge on any atom is -0.484 e. The molecule has 2 atom stereocenters. The van der Waals surface area contributed by atoms with Crippen molar-refractivity contribution in [2.45, 2.75) is 64.4 Å². The Labute approximate surface area is 195 Å². The summed E-state index contributed by atoms with van der Waals surface area (Å²) in [6.07, 6.45) is -1.88. The van der Waals surface area contributed by atoms with Crippen LogP contribution in [-0.4, -0.2) is 54.0 Å². The van der Waals surface area contributed by atoms with Crippen LogP contribution < -0.4 is 9.64 Å². The van der Waals surface area contributed by atoms with Crippen LogP contribution in [0.15, 0.2) is 42.5 Å². The molecule has 0 unspecified atom stereocenters. The summed E-state index contributed by atoms with van der Waals surface area (Å²) < 4.78 is 25.2. The van der Waals surface area contributed by atoms with Crippen molar-refractivity contribution in [2.75, 3.05) is 25.5 Å². The Bertz CT molecular complexity index is 983. The van der Waals surface area contributed by atoms with E-state index in [1.54, 1.807) is 30.9 Å². The third-order valence-electron chi connectivity index (χ3n) is 5.99. The van der Waals surface area contributed by atoms with Crippen LogP contribution in [0, 0.1) is 5.82 Å². The predicted molar refractivity (Wildman–Crippen MR) is 127 cm³/mol. The number of aliphatic hydroxyl groups is 1. The standard InChI is InChI=1S/C26H35FN2O4/c1-25(2,3)29(15-14-17-8-10-18(27)11-9-17)24(31)32-22-20-13-12-19(28(6)7)16-21(20)33-26(4,5)23(22)30/h8-13,16,22-23,30H,14-15H2,1-7H3/t22-,23+/m0/s1. The zero-order chi connectivity index (χ0) is 24.6. The summed E-state index contributed by atoms with van der Waals surface area (Å²) in [4.78, 5) is 17.0. The highest BCUT2D eigenvalue weighted by Crippen LogP contribution is 2.43. The zero-order valence-corrected chi connectivity index (χ0v) is 20.6. The number of amides is 1. The monoisotopic (exact) mass is 458 g/mol. The van der Waals surface area contributed by atoms with Gasteiger partial charge in [0.15, 0.2) is 6.10 Å². The lowest BCUT2D eigenvalue weighted by Crippen LogP contribution is -2.52. The van der Waals surface area contributed by atoms with E-state index in [9.17, 15) is 14.3 Å². The van der Waals surface area contributed by atoms with Crippen molar-refractivity contribution in [1.82, 2.24) is 4.90 Å². The van der Waals surface area contributed by atoms with E-state index in [2.05, 4.69) is 0 Å². The van der Waals surface area contributed by atoms with E-state index in [1.807, 2.05) is 58.0 Å². The summed E-state index contributed by atoms with van der Waals surface area (Å²) in [6.45, 7) is 9.74. The molecule has 2 aromatic carbocycles. The molecule has 33 heavy (non-hydrogen) atoms. The first-order valence-corrected chi connectivity index (χ1v) is 11.2. The van der Waals surface area contributed by atoms with Crippen LogP contribution in [0.2, 0.25) is 0 Å². The Hall–Kier alpha value is -2.80. The first-order chi connectivity index (χ1) is 15.3. The summed E-state index contributed by atoms with van der Waals surface area (Å²) in [5, 5.41) is 11.0. The number of rotatable bonds is 5. The van der Waals surface area contributed by atoms with Gasteiger partial charge in [0.1, 0.15) is 23.3 Å². The Morgan fingerprint density at radius 2 is 1.79 bits per heavy atom. The molecule has 0 radical (unpaired) electrons. The fourth-order valence-electron chi connectivity index (χ4n) is 3.90. The van der Waals surface area contributed by atoms with Gasteiger partial charge in [0.2, 0.25) is 0 Å². The van der Waals surface area contributed by atoms with Crippen LogP contribution in [0.1, 0.15) is 51.8 Å². The van der Waals surface area contributed by atoms with Crippen molar-refractivity contribution in [3.05, 3.63) is 59.4 Å². The normalized spacial score (nSPS) is 19.3. The molecule has 0 bridgehead atoms. The minimum absolute atomic E-state index is 0.293. The number of halogens is 1. The van der Waals surface area contributed by atoms with E-state index in [-0.39, 0.29) is 5.82 Å². The minimum atomic E-state index is -1.04. The number of fused-ring (bicyclic) bond motifs is 1. The Morgan fingerprint density at radius 3 is 2.36 bits per heavy atom. The molecule has 2 aromatic rings. The number of aliphatic hydroxyl groups excluding tert-OH is 1. The number of carbonyl (C=O) groups is 1. The molecule has 3 rings (SSSR count). The van der Waals surface area contributed by atoms with Crippen molar-refractivity contribution in [2.24, 2.45) is 0 Å². The highest BCUT2D eigenvalue weighted by molar-refractivity contribution is 5.69. The lowest BCUT2D eigenvalue weighted by atomic mass is 9.88. The van der Waals surface area contributed by atoms with Gasteiger partial charge in [0, 0.05) is 43.5 Å².